The standard InChI is InChI=1S/C10H22O4S2/c11-1-3-13-4-9-16-10-6-14-5-8-15-7-2-12/h11-12H,1-10H2. The molecule has 2 N–H and O–H groups in total. The van der Waals surface area contributed by atoms with Gasteiger partial charge in [0.1, 0.15) is 0 Å². The Morgan fingerprint density at radius 2 is 1.12 bits per heavy atom. The minimum atomic E-state index is 0.0965. The number of aliphatic hydroxyl groups is 2. The molecule has 0 amide bonds. The molecule has 0 aliphatic carbocycles. The summed E-state index contributed by atoms with van der Waals surface area (Å²) in [5.74, 6) is 3.67. The van der Waals surface area contributed by atoms with E-state index in [4.69, 9.17) is 19.7 Å². The van der Waals surface area contributed by atoms with Crippen LogP contribution in [0.3, 0.4) is 0 Å². The van der Waals surface area contributed by atoms with Gasteiger partial charge in [-0.3, -0.25) is 0 Å². The van der Waals surface area contributed by atoms with Crippen LogP contribution in [0.15, 0.2) is 0 Å². The van der Waals surface area contributed by atoms with E-state index in [2.05, 4.69) is 0 Å². The Hall–Kier alpha value is 0.540. The van der Waals surface area contributed by atoms with E-state index in [0.29, 0.717) is 13.2 Å². The van der Waals surface area contributed by atoms with E-state index in [-0.39, 0.29) is 13.2 Å². The van der Waals surface area contributed by atoms with Crippen molar-refractivity contribution in [1.29, 1.82) is 0 Å². The van der Waals surface area contributed by atoms with Crippen molar-refractivity contribution in [2.75, 3.05) is 62.7 Å². The van der Waals surface area contributed by atoms with E-state index in [9.17, 15) is 0 Å². The minimum absolute atomic E-state index is 0.0965. The van der Waals surface area contributed by atoms with Crippen LogP contribution in [0.4, 0.5) is 0 Å². The smallest absolute Gasteiger partial charge is 0.0698 e. The van der Waals surface area contributed by atoms with Crippen LogP contribution in [0.5, 0.6) is 0 Å². The van der Waals surface area contributed by atoms with Crippen LogP contribution in [0.1, 0.15) is 0 Å². The van der Waals surface area contributed by atoms with Gasteiger partial charge in [0, 0.05) is 23.0 Å². The molecule has 0 saturated heterocycles. The predicted octanol–water partition coefficient (Wildman–Crippen LogP) is 0.471. The maximum absolute atomic E-state index is 8.54. The van der Waals surface area contributed by atoms with E-state index in [1.807, 2.05) is 0 Å². The van der Waals surface area contributed by atoms with Gasteiger partial charge in [-0.1, -0.05) is 0 Å². The number of ether oxygens (including phenoxy) is 2. The lowest BCUT2D eigenvalue weighted by atomic mass is 10.7. The Morgan fingerprint density at radius 3 is 1.62 bits per heavy atom. The van der Waals surface area contributed by atoms with Gasteiger partial charge in [0.15, 0.2) is 0 Å². The summed E-state index contributed by atoms with van der Waals surface area (Å²) in [5, 5.41) is 17.0. The molecule has 0 bridgehead atoms. The third-order valence-electron chi connectivity index (χ3n) is 1.59. The first-order valence-corrected chi connectivity index (χ1v) is 7.75. The molecule has 0 saturated carbocycles. The average molecular weight is 270 g/mol. The van der Waals surface area contributed by atoms with Crippen molar-refractivity contribution >= 4 is 23.5 Å². The van der Waals surface area contributed by atoms with Crippen LogP contribution < -0.4 is 0 Å². The summed E-state index contributed by atoms with van der Waals surface area (Å²) in [6.07, 6.45) is 0. The lowest BCUT2D eigenvalue weighted by Gasteiger charge is -2.04. The third kappa shape index (κ3) is 14.5. The van der Waals surface area contributed by atoms with E-state index in [1.165, 1.54) is 0 Å². The second-order valence-electron chi connectivity index (χ2n) is 2.90. The molecule has 6 heteroatoms. The monoisotopic (exact) mass is 270 g/mol. The number of hydrogen-bond acceptors (Lipinski definition) is 6. The van der Waals surface area contributed by atoms with E-state index in [0.717, 1.165) is 36.2 Å². The topological polar surface area (TPSA) is 58.9 Å². The van der Waals surface area contributed by atoms with Gasteiger partial charge >= 0.3 is 0 Å². The highest BCUT2D eigenvalue weighted by Crippen LogP contribution is 2.01. The fourth-order valence-electron chi connectivity index (χ4n) is 0.891. The summed E-state index contributed by atoms with van der Waals surface area (Å²) in [7, 11) is 0. The van der Waals surface area contributed by atoms with Crippen molar-refractivity contribution in [1.82, 2.24) is 0 Å². The summed E-state index contributed by atoms with van der Waals surface area (Å²) in [6, 6.07) is 0. The highest BCUT2D eigenvalue weighted by molar-refractivity contribution is 7.99. The number of rotatable bonds is 13. The van der Waals surface area contributed by atoms with Crippen molar-refractivity contribution in [3.05, 3.63) is 0 Å². The van der Waals surface area contributed by atoms with Crippen molar-refractivity contribution < 1.29 is 19.7 Å². The van der Waals surface area contributed by atoms with Crippen molar-refractivity contribution in [2.45, 2.75) is 0 Å². The van der Waals surface area contributed by atoms with Crippen molar-refractivity contribution in [2.24, 2.45) is 0 Å². The van der Waals surface area contributed by atoms with Crippen LogP contribution in [0, 0.1) is 0 Å². The van der Waals surface area contributed by atoms with Crippen LogP contribution in [0.25, 0.3) is 0 Å². The normalized spacial score (nSPS) is 10.9. The number of aliphatic hydroxyl groups excluding tert-OH is 2. The Balaban J connectivity index is 2.83. The van der Waals surface area contributed by atoms with Gasteiger partial charge in [0.2, 0.25) is 0 Å². The highest BCUT2D eigenvalue weighted by atomic mass is 32.2. The van der Waals surface area contributed by atoms with Gasteiger partial charge in [-0.2, -0.15) is 23.5 Å². The highest BCUT2D eigenvalue weighted by Gasteiger charge is 1.92. The van der Waals surface area contributed by atoms with Gasteiger partial charge in [-0.05, 0) is 0 Å². The zero-order valence-corrected chi connectivity index (χ0v) is 11.2. The van der Waals surface area contributed by atoms with Gasteiger partial charge in [-0.15, -0.1) is 0 Å². The molecule has 4 nitrogen and oxygen atoms in total. The summed E-state index contributed by atoms with van der Waals surface area (Å²) >= 11 is 3.50. The first-order valence-electron chi connectivity index (χ1n) is 5.44. The maximum atomic E-state index is 8.54. The molecule has 0 heterocycles. The molecule has 0 aliphatic rings. The predicted molar refractivity (Wildman–Crippen MR) is 70.5 cm³/mol. The molecule has 0 atom stereocenters. The SMILES string of the molecule is OCCOCCSCCOCCSCCO. The van der Waals surface area contributed by atoms with Crippen LogP contribution in [-0.4, -0.2) is 72.9 Å². The summed E-state index contributed by atoms with van der Waals surface area (Å²) < 4.78 is 10.5. The Morgan fingerprint density at radius 1 is 0.625 bits per heavy atom. The van der Waals surface area contributed by atoms with E-state index < -0.39 is 0 Å². The molecule has 0 aromatic rings. The summed E-state index contributed by atoms with van der Waals surface area (Å²) in [6.45, 7) is 2.99. The van der Waals surface area contributed by atoms with E-state index >= 15 is 0 Å². The maximum Gasteiger partial charge on any atom is 0.0698 e. The fourth-order valence-corrected chi connectivity index (χ4v) is 2.14. The minimum Gasteiger partial charge on any atom is -0.396 e. The van der Waals surface area contributed by atoms with Crippen molar-refractivity contribution in [3.8, 4) is 0 Å². The molecule has 0 radical (unpaired) electrons. The molecular weight excluding hydrogens is 248 g/mol. The molecule has 0 aromatic carbocycles. The Kier molecular flexibility index (Phi) is 16.1. The van der Waals surface area contributed by atoms with Gasteiger partial charge < -0.3 is 19.7 Å². The molecule has 0 aliphatic heterocycles. The number of hydrogen-bond donors (Lipinski definition) is 2. The van der Waals surface area contributed by atoms with Crippen molar-refractivity contribution in [3.63, 3.8) is 0 Å². The summed E-state index contributed by atoms with van der Waals surface area (Å²) in [4.78, 5) is 0. The van der Waals surface area contributed by atoms with Crippen LogP contribution in [-0.2, 0) is 9.47 Å². The molecule has 98 valence electrons. The second-order valence-corrected chi connectivity index (χ2v) is 5.35. The van der Waals surface area contributed by atoms with E-state index in [1.54, 1.807) is 23.5 Å². The number of thioether (sulfide) groups is 2. The average Bonchev–Trinajstić information content (AvgIpc) is 2.31. The molecule has 0 unspecified atom stereocenters. The van der Waals surface area contributed by atoms with Crippen LogP contribution in [0.2, 0.25) is 0 Å². The molecule has 0 fully saturated rings. The molecular formula is C10H22O4S2. The largest absolute Gasteiger partial charge is 0.396 e. The third-order valence-corrected chi connectivity index (χ3v) is 3.42. The van der Waals surface area contributed by atoms with Gasteiger partial charge in [0.25, 0.3) is 0 Å². The second kappa shape index (κ2) is 15.5. The zero-order valence-electron chi connectivity index (χ0n) is 9.60. The zero-order chi connectivity index (χ0) is 11.9. The van der Waals surface area contributed by atoms with Gasteiger partial charge in [0.05, 0.1) is 39.6 Å². The first kappa shape index (κ1) is 16.5. The molecule has 0 rings (SSSR count). The van der Waals surface area contributed by atoms with Gasteiger partial charge in [-0.25, -0.2) is 0 Å². The molecule has 0 spiro atoms. The fraction of sp³-hybridized carbons (Fsp3) is 1.00. The first-order chi connectivity index (χ1) is 7.91. The quantitative estimate of drug-likeness (QED) is 0.475. The molecule has 0 aromatic heterocycles. The molecule has 16 heavy (non-hydrogen) atoms. The van der Waals surface area contributed by atoms with Crippen LogP contribution >= 0.6 is 23.5 Å². The Bertz CT molecular complexity index is 113. The lowest BCUT2D eigenvalue weighted by molar-refractivity contribution is 0.103. The Labute approximate surface area is 106 Å². The lowest BCUT2D eigenvalue weighted by Crippen LogP contribution is -2.05. The summed E-state index contributed by atoms with van der Waals surface area (Å²) in [5.41, 5.74) is 0.